The first kappa shape index (κ1) is 20.3. The van der Waals surface area contributed by atoms with Crippen LogP contribution in [0, 0.1) is 11.3 Å². The van der Waals surface area contributed by atoms with E-state index in [-0.39, 0.29) is 36.6 Å². The highest BCUT2D eigenvalue weighted by Crippen LogP contribution is 2.20. The van der Waals surface area contributed by atoms with E-state index in [0.717, 1.165) is 20.4 Å². The average Bonchev–Trinajstić information content (AvgIpc) is 3.05. The smallest absolute Gasteiger partial charge is 0.333 e. The lowest BCUT2D eigenvalue weighted by Crippen LogP contribution is -2.52. The lowest BCUT2D eigenvalue weighted by molar-refractivity contribution is -0.134. The van der Waals surface area contributed by atoms with Gasteiger partial charge in [0.1, 0.15) is 17.1 Å². The van der Waals surface area contributed by atoms with Crippen molar-refractivity contribution in [2.24, 2.45) is 0 Å². The highest BCUT2D eigenvalue weighted by Gasteiger charge is 2.38. The van der Waals surface area contributed by atoms with Crippen molar-refractivity contribution in [2.45, 2.75) is 13.0 Å². The Morgan fingerprint density at radius 3 is 2.30 bits per heavy atom. The summed E-state index contributed by atoms with van der Waals surface area (Å²) in [6.45, 7) is -0.0784. The fourth-order valence-corrected chi connectivity index (χ4v) is 3.17. The van der Waals surface area contributed by atoms with Crippen LogP contribution in [-0.4, -0.2) is 67.3 Å². The molecule has 0 unspecified atom stereocenters. The van der Waals surface area contributed by atoms with Crippen molar-refractivity contribution in [3.05, 3.63) is 29.2 Å². The highest BCUT2D eigenvalue weighted by atomic mass is 32.2. The maximum Gasteiger partial charge on any atom is 0.333 e. The molecule has 4 amide bonds. The minimum absolute atomic E-state index is 0.0150. The van der Waals surface area contributed by atoms with E-state index in [0.29, 0.717) is 0 Å². The molecule has 27 heavy (non-hydrogen) atoms. The first-order chi connectivity index (χ1) is 12.6. The van der Waals surface area contributed by atoms with Crippen LogP contribution in [-0.2, 0) is 26.2 Å². The van der Waals surface area contributed by atoms with Gasteiger partial charge >= 0.3 is 6.03 Å². The summed E-state index contributed by atoms with van der Waals surface area (Å²) in [6, 6.07) is 4.13. The number of rotatable bonds is 6. The molecular formula is C16H18N4O6S. The minimum atomic E-state index is -3.54. The molecule has 1 aliphatic rings. The molecule has 10 nitrogen and oxygen atoms in total. The standard InChI is InChI=1S/C16H18N4O6S/c1-18-14(21)13(15(22)19(2)16(18)23)9-11-5-6-12(26-11)10-20(8-4-7-17)27(3,24)25/h5-6,9H,4,8,10H2,1-3H3. The van der Waals surface area contributed by atoms with Gasteiger partial charge in [0.15, 0.2) is 0 Å². The van der Waals surface area contributed by atoms with Crippen LogP contribution < -0.4 is 0 Å². The maximum absolute atomic E-state index is 12.2. The van der Waals surface area contributed by atoms with Crippen molar-refractivity contribution in [2.75, 3.05) is 26.9 Å². The average molecular weight is 394 g/mol. The Morgan fingerprint density at radius 1 is 1.19 bits per heavy atom. The molecule has 144 valence electrons. The number of amides is 4. The van der Waals surface area contributed by atoms with E-state index in [2.05, 4.69) is 0 Å². The molecular weight excluding hydrogens is 376 g/mol. The van der Waals surface area contributed by atoms with Crippen LogP contribution in [0.4, 0.5) is 4.79 Å². The van der Waals surface area contributed by atoms with Gasteiger partial charge in [-0.05, 0) is 18.2 Å². The summed E-state index contributed by atoms with van der Waals surface area (Å²) < 4.78 is 30.2. The molecule has 0 spiro atoms. The van der Waals surface area contributed by atoms with E-state index in [1.807, 2.05) is 6.07 Å². The third-order valence-electron chi connectivity index (χ3n) is 3.89. The molecule has 1 saturated heterocycles. The van der Waals surface area contributed by atoms with Crippen molar-refractivity contribution < 1.29 is 27.2 Å². The SMILES string of the molecule is CN1C(=O)C(=Cc2ccc(CN(CCC#N)S(C)(=O)=O)o2)C(=O)N(C)C1=O. The van der Waals surface area contributed by atoms with Gasteiger partial charge in [-0.15, -0.1) is 0 Å². The number of urea groups is 1. The van der Waals surface area contributed by atoms with Crippen LogP contribution in [0.1, 0.15) is 17.9 Å². The molecule has 1 aromatic heterocycles. The van der Waals surface area contributed by atoms with E-state index in [1.54, 1.807) is 0 Å². The van der Waals surface area contributed by atoms with E-state index >= 15 is 0 Å². The van der Waals surface area contributed by atoms with Gasteiger partial charge in [0.2, 0.25) is 10.0 Å². The van der Waals surface area contributed by atoms with Gasteiger partial charge in [0.05, 0.1) is 18.9 Å². The Kier molecular flexibility index (Phi) is 5.82. The fourth-order valence-electron chi connectivity index (χ4n) is 2.38. The number of hydrogen-bond acceptors (Lipinski definition) is 7. The van der Waals surface area contributed by atoms with Gasteiger partial charge in [0, 0.05) is 27.1 Å². The van der Waals surface area contributed by atoms with E-state index < -0.39 is 27.9 Å². The second-order valence-electron chi connectivity index (χ2n) is 5.88. The Hall–Kier alpha value is -2.97. The third kappa shape index (κ3) is 4.42. The van der Waals surface area contributed by atoms with Crippen molar-refractivity contribution in [1.82, 2.24) is 14.1 Å². The lowest BCUT2D eigenvalue weighted by Gasteiger charge is -2.28. The first-order valence-electron chi connectivity index (χ1n) is 7.78. The Morgan fingerprint density at radius 2 is 1.78 bits per heavy atom. The zero-order chi connectivity index (χ0) is 20.4. The minimum Gasteiger partial charge on any atom is -0.460 e. The van der Waals surface area contributed by atoms with Crippen LogP contribution in [0.3, 0.4) is 0 Å². The Labute approximate surface area is 156 Å². The normalized spacial score (nSPS) is 15.5. The zero-order valence-electron chi connectivity index (χ0n) is 15.0. The fraction of sp³-hybridized carbons (Fsp3) is 0.375. The van der Waals surface area contributed by atoms with Crippen molar-refractivity contribution >= 4 is 33.9 Å². The molecule has 0 N–H and O–H groups in total. The number of barbiturate groups is 1. The van der Waals surface area contributed by atoms with Crippen LogP contribution in [0.15, 0.2) is 22.1 Å². The number of nitriles is 1. The molecule has 0 atom stereocenters. The summed E-state index contributed by atoms with van der Waals surface area (Å²) in [5.74, 6) is -1.08. The van der Waals surface area contributed by atoms with Crippen molar-refractivity contribution in [3.8, 4) is 6.07 Å². The largest absolute Gasteiger partial charge is 0.460 e. The predicted molar refractivity (Wildman–Crippen MR) is 93.1 cm³/mol. The predicted octanol–water partition coefficient (Wildman–Crippen LogP) is 0.389. The monoisotopic (exact) mass is 394 g/mol. The summed E-state index contributed by atoms with van der Waals surface area (Å²) in [7, 11) is -1.03. The topological polar surface area (TPSA) is 132 Å². The maximum atomic E-state index is 12.2. The first-order valence-corrected chi connectivity index (χ1v) is 9.63. The Balaban J connectivity index is 2.25. The second kappa shape index (κ2) is 7.73. The van der Waals surface area contributed by atoms with E-state index in [4.69, 9.17) is 9.68 Å². The van der Waals surface area contributed by atoms with Gasteiger partial charge in [-0.3, -0.25) is 19.4 Å². The van der Waals surface area contributed by atoms with E-state index in [9.17, 15) is 22.8 Å². The number of sulfonamides is 1. The van der Waals surface area contributed by atoms with Crippen LogP contribution in [0.25, 0.3) is 6.08 Å². The summed E-state index contributed by atoms with van der Waals surface area (Å²) in [4.78, 5) is 37.7. The summed E-state index contributed by atoms with van der Waals surface area (Å²) >= 11 is 0. The van der Waals surface area contributed by atoms with Gasteiger partial charge < -0.3 is 4.42 Å². The van der Waals surface area contributed by atoms with Crippen LogP contribution >= 0.6 is 0 Å². The lowest BCUT2D eigenvalue weighted by atomic mass is 10.1. The third-order valence-corrected chi connectivity index (χ3v) is 5.14. The number of nitrogens with zero attached hydrogens (tertiary/aromatic N) is 4. The van der Waals surface area contributed by atoms with Crippen LogP contribution in [0.2, 0.25) is 0 Å². The van der Waals surface area contributed by atoms with Crippen LogP contribution in [0.5, 0.6) is 0 Å². The molecule has 2 rings (SSSR count). The van der Waals surface area contributed by atoms with Gasteiger partial charge in [-0.1, -0.05) is 0 Å². The highest BCUT2D eigenvalue weighted by molar-refractivity contribution is 7.88. The molecule has 1 fully saturated rings. The van der Waals surface area contributed by atoms with Crippen molar-refractivity contribution in [3.63, 3.8) is 0 Å². The van der Waals surface area contributed by atoms with Gasteiger partial charge in [0.25, 0.3) is 11.8 Å². The van der Waals surface area contributed by atoms with Gasteiger partial charge in [-0.2, -0.15) is 9.57 Å². The molecule has 0 bridgehead atoms. The number of carbonyl (C=O) groups excluding carboxylic acids is 3. The number of likely N-dealkylation sites (N-methyl/N-ethyl adjacent to an activating group) is 2. The van der Waals surface area contributed by atoms with E-state index in [1.165, 1.54) is 32.3 Å². The molecule has 2 heterocycles. The zero-order valence-corrected chi connectivity index (χ0v) is 15.8. The number of furan rings is 1. The molecule has 0 aliphatic carbocycles. The summed E-state index contributed by atoms with van der Waals surface area (Å²) in [5, 5.41) is 8.65. The molecule has 0 saturated carbocycles. The van der Waals surface area contributed by atoms with Gasteiger partial charge in [-0.25, -0.2) is 13.2 Å². The number of hydrogen-bond donors (Lipinski definition) is 0. The molecule has 11 heteroatoms. The number of carbonyl (C=O) groups is 3. The summed E-state index contributed by atoms with van der Waals surface area (Å²) in [6.07, 6.45) is 2.26. The molecule has 0 aromatic carbocycles. The molecule has 1 aromatic rings. The van der Waals surface area contributed by atoms with Crippen molar-refractivity contribution in [1.29, 1.82) is 5.26 Å². The number of imide groups is 2. The second-order valence-corrected chi connectivity index (χ2v) is 7.86. The Bertz CT molecular complexity index is 930. The summed E-state index contributed by atoms with van der Waals surface area (Å²) in [5.41, 5.74) is -0.245. The quantitative estimate of drug-likeness (QED) is 0.503. The molecule has 1 aliphatic heterocycles. The molecule has 0 radical (unpaired) electrons.